The summed E-state index contributed by atoms with van der Waals surface area (Å²) in [6, 6.07) is 5.97. The number of nitrogens with one attached hydrogen (secondary N) is 1. The largest absolute Gasteiger partial charge is 0.401 e. The lowest BCUT2D eigenvalue weighted by Crippen LogP contribution is -2.30. The topological polar surface area (TPSA) is 12.0 Å². The first-order valence-corrected chi connectivity index (χ1v) is 5.22. The number of rotatable bonds is 4. The highest BCUT2D eigenvalue weighted by Gasteiger charge is 2.25. The Hall–Kier alpha value is -1.03. The van der Waals surface area contributed by atoms with Crippen molar-refractivity contribution in [2.45, 2.75) is 26.4 Å². The van der Waals surface area contributed by atoms with Crippen molar-refractivity contribution in [3.8, 4) is 0 Å². The highest BCUT2D eigenvalue weighted by atomic mass is 19.4. The predicted molar refractivity (Wildman–Crippen MR) is 58.5 cm³/mol. The van der Waals surface area contributed by atoms with Crippen LogP contribution in [0.25, 0.3) is 0 Å². The van der Waals surface area contributed by atoms with E-state index in [-0.39, 0.29) is 0 Å². The van der Waals surface area contributed by atoms with Gasteiger partial charge in [0, 0.05) is 0 Å². The third-order valence-electron chi connectivity index (χ3n) is 2.49. The lowest BCUT2D eigenvalue weighted by atomic mass is 10.0. The summed E-state index contributed by atoms with van der Waals surface area (Å²) in [6.45, 7) is 3.45. The Bertz CT molecular complexity index is 345. The standard InChI is InChI=1S/C12H16F3N/c1-9-3-4-11(7-10(9)2)5-6-16-8-12(13,14)15/h3-4,7,16H,5-6,8H2,1-2H3. The quantitative estimate of drug-likeness (QED) is 0.785. The second-order valence-corrected chi connectivity index (χ2v) is 3.96. The van der Waals surface area contributed by atoms with E-state index in [1.54, 1.807) is 0 Å². The number of hydrogen-bond acceptors (Lipinski definition) is 1. The third-order valence-corrected chi connectivity index (χ3v) is 2.49. The van der Waals surface area contributed by atoms with Crippen molar-refractivity contribution in [1.29, 1.82) is 0 Å². The van der Waals surface area contributed by atoms with Crippen molar-refractivity contribution in [2.24, 2.45) is 0 Å². The fourth-order valence-electron chi connectivity index (χ4n) is 1.42. The van der Waals surface area contributed by atoms with Crippen LogP contribution < -0.4 is 5.32 Å². The molecule has 0 aliphatic rings. The molecule has 0 heterocycles. The van der Waals surface area contributed by atoms with Gasteiger partial charge < -0.3 is 5.32 Å². The van der Waals surface area contributed by atoms with E-state index >= 15 is 0 Å². The van der Waals surface area contributed by atoms with E-state index in [0.717, 1.165) is 5.56 Å². The van der Waals surface area contributed by atoms with Crippen LogP contribution in [-0.2, 0) is 6.42 Å². The van der Waals surface area contributed by atoms with Gasteiger partial charge in [-0.05, 0) is 43.5 Å². The van der Waals surface area contributed by atoms with Crippen LogP contribution in [0, 0.1) is 13.8 Å². The molecule has 1 nitrogen and oxygen atoms in total. The molecule has 0 amide bonds. The molecule has 0 aliphatic heterocycles. The zero-order chi connectivity index (χ0) is 12.2. The molecule has 16 heavy (non-hydrogen) atoms. The van der Waals surface area contributed by atoms with Crippen LogP contribution in [0.4, 0.5) is 13.2 Å². The third kappa shape index (κ3) is 4.66. The van der Waals surface area contributed by atoms with Crippen LogP contribution in [0.2, 0.25) is 0 Å². The van der Waals surface area contributed by atoms with Gasteiger partial charge in [-0.25, -0.2) is 0 Å². The SMILES string of the molecule is Cc1ccc(CCNCC(F)(F)F)cc1C. The normalized spacial score (nSPS) is 11.8. The maximum Gasteiger partial charge on any atom is 0.401 e. The summed E-state index contributed by atoms with van der Waals surface area (Å²) < 4.78 is 35.5. The molecule has 0 unspecified atom stereocenters. The molecule has 0 bridgehead atoms. The lowest BCUT2D eigenvalue weighted by molar-refractivity contribution is -0.124. The molecule has 1 aromatic carbocycles. The van der Waals surface area contributed by atoms with E-state index in [1.165, 1.54) is 11.1 Å². The van der Waals surface area contributed by atoms with Crippen LogP contribution in [0.1, 0.15) is 16.7 Å². The molecule has 4 heteroatoms. The molecule has 1 N–H and O–H groups in total. The maximum absolute atomic E-state index is 11.8. The molecule has 0 spiro atoms. The lowest BCUT2D eigenvalue weighted by Gasteiger charge is -2.09. The van der Waals surface area contributed by atoms with E-state index < -0.39 is 12.7 Å². The van der Waals surface area contributed by atoms with Crippen molar-refractivity contribution >= 4 is 0 Å². The van der Waals surface area contributed by atoms with Gasteiger partial charge in [-0.1, -0.05) is 18.2 Å². The summed E-state index contributed by atoms with van der Waals surface area (Å²) in [4.78, 5) is 0. The minimum absolute atomic E-state index is 0.349. The number of aryl methyl sites for hydroxylation is 2. The first kappa shape index (κ1) is 13.0. The summed E-state index contributed by atoms with van der Waals surface area (Å²) in [5.41, 5.74) is 3.44. The van der Waals surface area contributed by atoms with Gasteiger partial charge in [0.05, 0.1) is 6.54 Å². The van der Waals surface area contributed by atoms with E-state index in [9.17, 15) is 13.2 Å². The van der Waals surface area contributed by atoms with Crippen LogP contribution in [-0.4, -0.2) is 19.3 Å². The molecule has 1 aromatic rings. The summed E-state index contributed by atoms with van der Waals surface area (Å²) in [7, 11) is 0. The van der Waals surface area contributed by atoms with Crippen molar-refractivity contribution in [3.63, 3.8) is 0 Å². The molecule has 0 aromatic heterocycles. The minimum Gasteiger partial charge on any atom is -0.308 e. The predicted octanol–water partition coefficient (Wildman–Crippen LogP) is 3.00. The molecule has 90 valence electrons. The fourth-order valence-corrected chi connectivity index (χ4v) is 1.42. The number of benzene rings is 1. The van der Waals surface area contributed by atoms with Crippen molar-refractivity contribution in [3.05, 3.63) is 34.9 Å². The van der Waals surface area contributed by atoms with Crippen LogP contribution in [0.5, 0.6) is 0 Å². The van der Waals surface area contributed by atoms with E-state index in [4.69, 9.17) is 0 Å². The monoisotopic (exact) mass is 231 g/mol. The van der Waals surface area contributed by atoms with Crippen LogP contribution >= 0.6 is 0 Å². The fraction of sp³-hybridized carbons (Fsp3) is 0.500. The Kier molecular flexibility index (Phi) is 4.35. The number of alkyl halides is 3. The second kappa shape index (κ2) is 5.34. The van der Waals surface area contributed by atoms with Crippen molar-refractivity contribution < 1.29 is 13.2 Å². The molecule has 0 aliphatic carbocycles. The molecule has 0 radical (unpaired) electrons. The molecule has 0 fully saturated rings. The first-order chi connectivity index (χ1) is 7.38. The molecule has 1 rings (SSSR count). The van der Waals surface area contributed by atoms with Crippen LogP contribution in [0.15, 0.2) is 18.2 Å². The van der Waals surface area contributed by atoms with Crippen molar-refractivity contribution in [1.82, 2.24) is 5.32 Å². The Morgan fingerprint density at radius 1 is 1.12 bits per heavy atom. The van der Waals surface area contributed by atoms with Gasteiger partial charge in [0.2, 0.25) is 0 Å². The number of halogens is 3. The van der Waals surface area contributed by atoms with Gasteiger partial charge in [0.25, 0.3) is 0 Å². The Labute approximate surface area is 93.7 Å². The summed E-state index contributed by atoms with van der Waals surface area (Å²) in [5.74, 6) is 0. The maximum atomic E-state index is 11.8. The minimum atomic E-state index is -4.12. The molecule has 0 saturated carbocycles. The van der Waals surface area contributed by atoms with Gasteiger partial charge in [-0.15, -0.1) is 0 Å². The molecule has 0 atom stereocenters. The summed E-state index contributed by atoms with van der Waals surface area (Å²) in [5, 5.41) is 2.38. The molecule has 0 saturated heterocycles. The Balaban J connectivity index is 2.35. The van der Waals surface area contributed by atoms with Gasteiger partial charge in [0.1, 0.15) is 0 Å². The molecular formula is C12H16F3N. The zero-order valence-corrected chi connectivity index (χ0v) is 9.49. The summed E-state index contributed by atoms with van der Waals surface area (Å²) >= 11 is 0. The average molecular weight is 231 g/mol. The number of hydrogen-bond donors (Lipinski definition) is 1. The van der Waals surface area contributed by atoms with E-state index in [1.807, 2.05) is 32.0 Å². The Morgan fingerprint density at radius 2 is 1.81 bits per heavy atom. The summed E-state index contributed by atoms with van der Waals surface area (Å²) in [6.07, 6.45) is -3.50. The zero-order valence-electron chi connectivity index (χ0n) is 9.49. The highest BCUT2D eigenvalue weighted by Crippen LogP contribution is 2.13. The highest BCUT2D eigenvalue weighted by molar-refractivity contribution is 5.29. The second-order valence-electron chi connectivity index (χ2n) is 3.96. The Morgan fingerprint density at radius 3 is 2.38 bits per heavy atom. The van der Waals surface area contributed by atoms with Gasteiger partial charge in [0.15, 0.2) is 0 Å². The van der Waals surface area contributed by atoms with Gasteiger partial charge >= 0.3 is 6.18 Å². The van der Waals surface area contributed by atoms with Crippen LogP contribution in [0.3, 0.4) is 0 Å². The van der Waals surface area contributed by atoms with Gasteiger partial charge in [-0.3, -0.25) is 0 Å². The van der Waals surface area contributed by atoms with Gasteiger partial charge in [-0.2, -0.15) is 13.2 Å². The van der Waals surface area contributed by atoms with Crippen molar-refractivity contribution in [2.75, 3.05) is 13.1 Å². The van der Waals surface area contributed by atoms with E-state index in [0.29, 0.717) is 13.0 Å². The smallest absolute Gasteiger partial charge is 0.308 e. The first-order valence-electron chi connectivity index (χ1n) is 5.22. The molecular weight excluding hydrogens is 215 g/mol. The average Bonchev–Trinajstić information content (AvgIpc) is 2.17. The van der Waals surface area contributed by atoms with E-state index in [2.05, 4.69) is 5.32 Å².